The number of sulfone groups is 1. The van der Waals surface area contributed by atoms with Gasteiger partial charge in [-0.25, -0.2) is 18.2 Å². The van der Waals surface area contributed by atoms with E-state index >= 15 is 0 Å². The van der Waals surface area contributed by atoms with Crippen LogP contribution >= 0.6 is 11.3 Å². The van der Waals surface area contributed by atoms with E-state index in [4.69, 9.17) is 4.74 Å². The molecule has 2 atom stereocenters. The standard InChI is InChI=1S/C15H23N3O4S2/c1-18(7-14-16-10-5-3-4-6-13(10)23-14)15(19)17-11-8-24(20,21)9-12(11)22-2/h11-12H,3-9H2,1-2H3,(H,17,19)/t11-,12-/m1/s1. The number of nitrogens with one attached hydrogen (secondary N) is 1. The van der Waals surface area contributed by atoms with Gasteiger partial charge in [-0.1, -0.05) is 0 Å². The summed E-state index contributed by atoms with van der Waals surface area (Å²) in [6.07, 6.45) is 4.01. The number of rotatable bonds is 4. The van der Waals surface area contributed by atoms with Crippen LogP contribution in [0.2, 0.25) is 0 Å². The van der Waals surface area contributed by atoms with Crippen LogP contribution in [0.25, 0.3) is 0 Å². The Hall–Kier alpha value is -1.19. The van der Waals surface area contributed by atoms with Crippen molar-refractivity contribution in [1.29, 1.82) is 0 Å². The van der Waals surface area contributed by atoms with Crippen LogP contribution in [0.4, 0.5) is 4.79 Å². The minimum Gasteiger partial charge on any atom is -0.378 e. The summed E-state index contributed by atoms with van der Waals surface area (Å²) < 4.78 is 28.6. The first kappa shape index (κ1) is 17.6. The summed E-state index contributed by atoms with van der Waals surface area (Å²) in [5.74, 6) is -0.117. The molecule has 2 amide bonds. The Kier molecular flexibility index (Phi) is 5.12. The van der Waals surface area contributed by atoms with Gasteiger partial charge in [0.1, 0.15) is 5.01 Å². The Morgan fingerprint density at radius 3 is 2.83 bits per heavy atom. The van der Waals surface area contributed by atoms with E-state index in [9.17, 15) is 13.2 Å². The van der Waals surface area contributed by atoms with Gasteiger partial charge in [0.2, 0.25) is 0 Å². The Morgan fingerprint density at radius 2 is 2.12 bits per heavy atom. The number of thiazole rings is 1. The molecule has 1 aliphatic carbocycles. The molecule has 1 aliphatic heterocycles. The van der Waals surface area contributed by atoms with Crippen LogP contribution in [0.3, 0.4) is 0 Å². The number of hydrogen-bond acceptors (Lipinski definition) is 6. The lowest BCUT2D eigenvalue weighted by molar-refractivity contribution is 0.0984. The second kappa shape index (κ2) is 6.97. The highest BCUT2D eigenvalue weighted by Gasteiger charge is 2.39. The van der Waals surface area contributed by atoms with Crippen molar-refractivity contribution in [2.45, 2.75) is 44.4 Å². The van der Waals surface area contributed by atoms with Gasteiger partial charge >= 0.3 is 6.03 Å². The van der Waals surface area contributed by atoms with Crippen molar-refractivity contribution in [2.24, 2.45) is 0 Å². The summed E-state index contributed by atoms with van der Waals surface area (Å²) in [4.78, 5) is 19.9. The maximum absolute atomic E-state index is 12.4. The molecule has 9 heteroatoms. The molecule has 0 unspecified atom stereocenters. The first-order valence-electron chi connectivity index (χ1n) is 8.10. The lowest BCUT2D eigenvalue weighted by Gasteiger charge is -2.22. The van der Waals surface area contributed by atoms with Crippen molar-refractivity contribution in [3.63, 3.8) is 0 Å². The monoisotopic (exact) mass is 373 g/mol. The first-order valence-corrected chi connectivity index (χ1v) is 10.7. The number of carbonyl (C=O) groups is 1. The average molecular weight is 374 g/mol. The summed E-state index contributed by atoms with van der Waals surface area (Å²) in [6.45, 7) is 0.431. The molecule has 1 fully saturated rings. The maximum atomic E-state index is 12.4. The number of ether oxygens (including phenoxy) is 1. The second-order valence-electron chi connectivity index (χ2n) is 6.45. The molecule has 2 heterocycles. The van der Waals surface area contributed by atoms with E-state index in [1.165, 1.54) is 30.5 Å². The Labute approximate surface area is 146 Å². The summed E-state index contributed by atoms with van der Waals surface area (Å²) in [5.41, 5.74) is 1.18. The molecule has 3 rings (SSSR count). The van der Waals surface area contributed by atoms with Gasteiger partial charge in [-0.2, -0.15) is 0 Å². The van der Waals surface area contributed by atoms with Gasteiger partial charge in [-0.15, -0.1) is 11.3 Å². The summed E-state index contributed by atoms with van der Waals surface area (Å²) in [5, 5.41) is 3.71. The zero-order valence-corrected chi connectivity index (χ0v) is 15.6. The van der Waals surface area contributed by atoms with Gasteiger partial charge in [0.15, 0.2) is 9.84 Å². The number of amides is 2. The highest BCUT2D eigenvalue weighted by Crippen LogP contribution is 2.27. The number of aromatic nitrogens is 1. The quantitative estimate of drug-likeness (QED) is 0.850. The molecule has 1 saturated heterocycles. The zero-order valence-electron chi connectivity index (χ0n) is 13.9. The molecule has 1 N–H and O–H groups in total. The predicted molar refractivity (Wildman–Crippen MR) is 92.0 cm³/mol. The Bertz CT molecular complexity index is 693. The molecule has 0 bridgehead atoms. The Balaban J connectivity index is 1.59. The molecule has 134 valence electrons. The molecule has 0 spiro atoms. The highest BCUT2D eigenvalue weighted by atomic mass is 32.2. The summed E-state index contributed by atoms with van der Waals surface area (Å²) in [6, 6.07) is -0.799. The number of hydrogen-bond donors (Lipinski definition) is 1. The molecule has 0 radical (unpaired) electrons. The minimum absolute atomic E-state index is 0.0443. The predicted octanol–water partition coefficient (Wildman–Crippen LogP) is 0.975. The van der Waals surface area contributed by atoms with Gasteiger partial charge < -0.3 is 15.0 Å². The number of fused-ring (bicyclic) bond motifs is 1. The molecule has 1 aromatic heterocycles. The molecule has 0 saturated carbocycles. The third kappa shape index (κ3) is 3.89. The molecule has 7 nitrogen and oxygen atoms in total. The van der Waals surface area contributed by atoms with Gasteiger partial charge in [-0.05, 0) is 25.7 Å². The van der Waals surface area contributed by atoms with Gasteiger partial charge in [0.25, 0.3) is 0 Å². The van der Waals surface area contributed by atoms with Crippen molar-refractivity contribution < 1.29 is 17.9 Å². The van der Waals surface area contributed by atoms with E-state index in [2.05, 4.69) is 10.3 Å². The highest BCUT2D eigenvalue weighted by molar-refractivity contribution is 7.91. The third-order valence-corrected chi connectivity index (χ3v) is 7.37. The van der Waals surface area contributed by atoms with Gasteiger partial charge in [0.05, 0.1) is 35.9 Å². The largest absolute Gasteiger partial charge is 0.378 e. The number of aryl methyl sites for hydroxylation is 2. The van der Waals surface area contributed by atoms with Gasteiger partial charge in [-0.3, -0.25) is 0 Å². The lowest BCUT2D eigenvalue weighted by Crippen LogP contribution is -2.48. The normalized spacial score (nSPS) is 25.2. The molecular weight excluding hydrogens is 350 g/mol. The second-order valence-corrected chi connectivity index (χ2v) is 9.77. The number of carbonyl (C=O) groups excluding carboxylic acids is 1. The fourth-order valence-electron chi connectivity index (χ4n) is 3.20. The van der Waals surface area contributed by atoms with Gasteiger partial charge in [0, 0.05) is 19.0 Å². The van der Waals surface area contributed by atoms with E-state index in [1.54, 1.807) is 23.3 Å². The number of urea groups is 1. The van der Waals surface area contributed by atoms with Crippen molar-refractivity contribution in [1.82, 2.24) is 15.2 Å². The average Bonchev–Trinajstić information content (AvgIpc) is 3.06. The van der Waals surface area contributed by atoms with E-state index in [1.807, 2.05) is 0 Å². The summed E-state index contributed by atoms with van der Waals surface area (Å²) in [7, 11) is 0.00455. The fraction of sp³-hybridized carbons (Fsp3) is 0.733. The van der Waals surface area contributed by atoms with E-state index in [-0.39, 0.29) is 17.5 Å². The van der Waals surface area contributed by atoms with Crippen LogP contribution in [-0.4, -0.2) is 62.1 Å². The topological polar surface area (TPSA) is 88.6 Å². The minimum atomic E-state index is -3.16. The number of methoxy groups -OCH3 is 1. The molecule has 24 heavy (non-hydrogen) atoms. The van der Waals surface area contributed by atoms with Crippen molar-refractivity contribution in [3.8, 4) is 0 Å². The van der Waals surface area contributed by atoms with Crippen LogP contribution in [0.5, 0.6) is 0 Å². The van der Waals surface area contributed by atoms with Crippen LogP contribution in [0.1, 0.15) is 28.4 Å². The number of nitrogens with zero attached hydrogens (tertiary/aromatic N) is 2. The van der Waals surface area contributed by atoms with E-state index in [0.717, 1.165) is 17.8 Å². The van der Waals surface area contributed by atoms with Crippen LogP contribution in [0, 0.1) is 0 Å². The van der Waals surface area contributed by atoms with Crippen molar-refractivity contribution in [2.75, 3.05) is 25.7 Å². The smallest absolute Gasteiger partial charge is 0.317 e. The van der Waals surface area contributed by atoms with Crippen LogP contribution in [0.15, 0.2) is 0 Å². The molecule has 0 aromatic carbocycles. The molecule has 1 aromatic rings. The maximum Gasteiger partial charge on any atom is 0.317 e. The molecule has 2 aliphatic rings. The van der Waals surface area contributed by atoms with E-state index < -0.39 is 22.0 Å². The third-order valence-electron chi connectivity index (χ3n) is 4.52. The first-order chi connectivity index (χ1) is 11.4. The van der Waals surface area contributed by atoms with Crippen LogP contribution in [-0.2, 0) is 34.0 Å². The van der Waals surface area contributed by atoms with Crippen LogP contribution < -0.4 is 5.32 Å². The lowest BCUT2D eigenvalue weighted by atomic mass is 10.0. The van der Waals surface area contributed by atoms with Crippen molar-refractivity contribution >= 4 is 27.2 Å². The Morgan fingerprint density at radius 1 is 1.38 bits per heavy atom. The zero-order chi connectivity index (χ0) is 17.3. The van der Waals surface area contributed by atoms with E-state index in [0.29, 0.717) is 6.54 Å². The van der Waals surface area contributed by atoms with Crippen molar-refractivity contribution in [3.05, 3.63) is 15.6 Å². The summed E-state index contributed by atoms with van der Waals surface area (Å²) >= 11 is 1.68. The SMILES string of the molecule is CO[C@@H]1CS(=O)(=O)C[C@H]1NC(=O)N(C)Cc1nc2c(s1)CCCC2. The fourth-order valence-corrected chi connectivity index (χ4v) is 6.26. The molecular formula is C15H23N3O4S2.